The molecule has 3 heterocycles. The molecule has 4 aromatic rings. The number of hydrogen-bond acceptors (Lipinski definition) is 8. The number of fused-ring (bicyclic) bond motifs is 2. The van der Waals surface area contributed by atoms with Gasteiger partial charge in [0, 0.05) is 53.3 Å². The second kappa shape index (κ2) is 20.1. The van der Waals surface area contributed by atoms with Crippen molar-refractivity contribution < 1.29 is 42.2 Å². The van der Waals surface area contributed by atoms with E-state index in [1.807, 2.05) is 30.8 Å². The van der Waals surface area contributed by atoms with E-state index in [-0.39, 0.29) is 42.4 Å². The first-order valence-corrected chi connectivity index (χ1v) is 22.2. The summed E-state index contributed by atoms with van der Waals surface area (Å²) in [6, 6.07) is 15.7. The zero-order chi connectivity index (χ0) is 47.4. The van der Waals surface area contributed by atoms with Gasteiger partial charge in [-0.05, 0) is 108 Å². The number of benzene rings is 3. The molecule has 2 aliphatic rings. The zero-order valence-corrected chi connectivity index (χ0v) is 38.9. The van der Waals surface area contributed by atoms with Gasteiger partial charge in [-0.15, -0.1) is 0 Å². The molecule has 0 aliphatic carbocycles. The molecule has 6 rings (SSSR count). The van der Waals surface area contributed by atoms with Crippen LogP contribution in [0.25, 0.3) is 11.3 Å². The van der Waals surface area contributed by atoms with Crippen LogP contribution in [0.1, 0.15) is 70.3 Å². The Balaban J connectivity index is 1.30. The highest BCUT2D eigenvalue weighted by molar-refractivity contribution is 6.31. The lowest BCUT2D eigenvalue weighted by molar-refractivity contribution is -0.164. The summed E-state index contributed by atoms with van der Waals surface area (Å²) in [7, 11) is 3.99. The van der Waals surface area contributed by atoms with Crippen molar-refractivity contribution in [2.45, 2.75) is 102 Å². The first-order valence-electron chi connectivity index (χ1n) is 21.5. The number of hydrogen-bond donors (Lipinski definition) is 3. The quantitative estimate of drug-likeness (QED) is 0.142. The number of nitrogens with one attached hydrogen (secondary N) is 2. The number of ether oxygens (including phenoxy) is 1. The van der Waals surface area contributed by atoms with Crippen LogP contribution < -0.4 is 15.4 Å². The lowest BCUT2D eigenvalue weighted by atomic mass is 9.82. The summed E-state index contributed by atoms with van der Waals surface area (Å²) in [6.45, 7) is 7.11. The van der Waals surface area contributed by atoms with E-state index in [1.54, 1.807) is 48.7 Å². The van der Waals surface area contributed by atoms with Crippen LogP contribution in [0.2, 0.25) is 10.0 Å². The Morgan fingerprint density at radius 3 is 2.29 bits per heavy atom. The summed E-state index contributed by atoms with van der Waals surface area (Å²) in [5.41, 5.74) is 1.57. The highest BCUT2D eigenvalue weighted by atomic mass is 35.5. The van der Waals surface area contributed by atoms with Gasteiger partial charge >= 0.3 is 6.18 Å². The lowest BCUT2D eigenvalue weighted by Crippen LogP contribution is -2.65. The Hall–Kier alpha value is -5.16. The number of nitrogens with zero attached hydrogens (tertiary/aromatic N) is 5. The van der Waals surface area contributed by atoms with Crippen molar-refractivity contribution in [1.29, 1.82) is 0 Å². The molecule has 2 saturated heterocycles. The number of aliphatic hydroxyl groups is 1. The molecule has 0 saturated carbocycles. The molecule has 1 aromatic heterocycles. The van der Waals surface area contributed by atoms with Crippen LogP contribution in [0, 0.1) is 5.92 Å². The van der Waals surface area contributed by atoms with Crippen LogP contribution in [-0.4, -0.2) is 109 Å². The summed E-state index contributed by atoms with van der Waals surface area (Å²) >= 11 is 12.6. The largest absolute Gasteiger partial charge is 0.457 e. The molecule has 18 heteroatoms. The molecular weight excluding hydrogens is 886 g/mol. The third-order valence-corrected chi connectivity index (χ3v) is 12.8. The maximum Gasteiger partial charge on any atom is 0.389 e. The van der Waals surface area contributed by atoms with E-state index in [0.29, 0.717) is 35.7 Å². The van der Waals surface area contributed by atoms with E-state index in [2.05, 4.69) is 41.3 Å². The summed E-state index contributed by atoms with van der Waals surface area (Å²) in [5.74, 6) is -3.83. The van der Waals surface area contributed by atoms with Crippen molar-refractivity contribution >= 4 is 46.8 Å². The van der Waals surface area contributed by atoms with Gasteiger partial charge in [0.15, 0.2) is 0 Å². The molecule has 2 aliphatic heterocycles. The fraction of sp³-hybridized carbons (Fsp3) is 0.468. The average molecular weight is 943 g/mol. The minimum atomic E-state index is -4.83. The molecule has 2 bridgehead atoms. The van der Waals surface area contributed by atoms with Crippen molar-refractivity contribution in [3.05, 3.63) is 99.9 Å². The van der Waals surface area contributed by atoms with Crippen molar-refractivity contribution in [1.82, 2.24) is 34.9 Å². The van der Waals surface area contributed by atoms with Crippen LogP contribution in [0.4, 0.5) is 13.2 Å². The third-order valence-electron chi connectivity index (χ3n) is 12.3. The zero-order valence-electron chi connectivity index (χ0n) is 37.3. The molecule has 2 fully saturated rings. The van der Waals surface area contributed by atoms with Crippen molar-refractivity contribution in [3.63, 3.8) is 0 Å². The molecule has 3 N–H and O–H groups in total. The molecule has 0 spiro atoms. The second-order valence-corrected chi connectivity index (χ2v) is 19.0. The highest BCUT2D eigenvalue weighted by Crippen LogP contribution is 2.35. The number of rotatable bonds is 11. The van der Waals surface area contributed by atoms with E-state index in [4.69, 9.17) is 27.9 Å². The first-order chi connectivity index (χ1) is 30.5. The Bertz CT molecular complexity index is 2360. The van der Waals surface area contributed by atoms with Crippen LogP contribution in [0.15, 0.2) is 72.9 Å². The number of piperidine rings is 1. The average Bonchev–Trinajstić information content (AvgIpc) is 3.60. The maximum atomic E-state index is 14.4. The van der Waals surface area contributed by atoms with Crippen LogP contribution in [0.3, 0.4) is 0 Å². The SMILES string of the molecule is C[C@H]1C(=O)N[C@@H](CO)C(=O)N[C@@]2(Cc3ccc(Cl)cc3)CCCN(C2)C(=O)[C@H](CC(F)(F)F)CC(=O)N1Cc1ccc(Cl)cc1Oc1ccc(-c2cnc(CN(C)C(C)(C)C)n2C)cc1. The van der Waals surface area contributed by atoms with E-state index in [9.17, 15) is 37.5 Å². The van der Waals surface area contributed by atoms with Gasteiger partial charge in [-0.25, -0.2) is 4.98 Å². The van der Waals surface area contributed by atoms with E-state index in [1.165, 1.54) is 24.0 Å². The highest BCUT2D eigenvalue weighted by Gasteiger charge is 2.45. The second-order valence-electron chi connectivity index (χ2n) is 18.1. The van der Waals surface area contributed by atoms with Gasteiger partial charge in [0.25, 0.3) is 0 Å². The van der Waals surface area contributed by atoms with Crippen LogP contribution in [-0.2, 0) is 45.7 Å². The molecule has 350 valence electrons. The molecule has 4 amide bonds. The van der Waals surface area contributed by atoms with Gasteiger partial charge in [-0.1, -0.05) is 41.4 Å². The van der Waals surface area contributed by atoms with E-state index < -0.39 is 72.8 Å². The minimum Gasteiger partial charge on any atom is -0.457 e. The summed E-state index contributed by atoms with van der Waals surface area (Å²) in [4.78, 5) is 65.8. The Morgan fingerprint density at radius 2 is 1.65 bits per heavy atom. The standard InChI is InChI=1S/C47H56Cl2F3N7O6/c1-29-42(62)54-37(27-60)43(63)55-46(22-30-8-13-34(48)14-9-30)18-7-19-58(28-46)44(64)33(23-47(50,51)52)20-41(61)59(29)25-32-10-15-35(49)21-39(32)65-36-16-11-31(12-17-36)38-24-53-40(57(38)6)26-56(5)45(2,3)4/h8-17,21,24,29,33,37,60H,7,18-20,22-23,25-28H2,1-6H3,(H,54,62)(H,55,63)/t29-,33-,37-,46+/m0/s1. The van der Waals surface area contributed by atoms with Gasteiger partial charge in [-0.3, -0.25) is 24.1 Å². The Morgan fingerprint density at radius 1 is 0.969 bits per heavy atom. The van der Waals surface area contributed by atoms with Crippen molar-refractivity contribution in [2.75, 3.05) is 26.7 Å². The fourth-order valence-electron chi connectivity index (χ4n) is 8.20. The predicted octanol–water partition coefficient (Wildman–Crippen LogP) is 7.30. The Labute approximate surface area is 387 Å². The van der Waals surface area contributed by atoms with Gasteiger partial charge < -0.3 is 34.8 Å². The number of aliphatic hydroxyl groups excluding tert-OH is 1. The maximum absolute atomic E-state index is 14.4. The molecule has 3 aromatic carbocycles. The minimum absolute atomic E-state index is 0.0534. The molecule has 0 radical (unpaired) electrons. The van der Waals surface area contributed by atoms with Crippen molar-refractivity contribution in [2.24, 2.45) is 13.0 Å². The molecule has 0 unspecified atom stereocenters. The smallest absolute Gasteiger partial charge is 0.389 e. The van der Waals surface area contributed by atoms with Crippen LogP contribution >= 0.6 is 23.2 Å². The lowest BCUT2D eigenvalue weighted by Gasteiger charge is -2.45. The predicted molar refractivity (Wildman–Crippen MR) is 241 cm³/mol. The van der Waals surface area contributed by atoms with Crippen molar-refractivity contribution in [3.8, 4) is 22.8 Å². The number of carbonyl (C=O) groups is 4. The van der Waals surface area contributed by atoms with Gasteiger partial charge in [0.1, 0.15) is 29.4 Å². The number of imidazole rings is 1. The summed E-state index contributed by atoms with van der Waals surface area (Å²) in [5, 5.41) is 16.7. The molecule has 65 heavy (non-hydrogen) atoms. The van der Waals surface area contributed by atoms with Gasteiger partial charge in [0.05, 0.1) is 49.5 Å². The van der Waals surface area contributed by atoms with Gasteiger partial charge in [0.2, 0.25) is 23.6 Å². The Kier molecular flexibility index (Phi) is 15.3. The normalized spacial score (nSPS) is 21.6. The third kappa shape index (κ3) is 12.4. The fourth-order valence-corrected chi connectivity index (χ4v) is 8.49. The number of carbonyl (C=O) groups excluding carboxylic acids is 4. The monoisotopic (exact) mass is 941 g/mol. The topological polar surface area (TPSA) is 149 Å². The first kappa shape index (κ1) is 49.3. The van der Waals surface area contributed by atoms with Gasteiger partial charge in [-0.2, -0.15) is 13.2 Å². The van der Waals surface area contributed by atoms with E-state index >= 15 is 0 Å². The number of alkyl halides is 3. The van der Waals surface area contributed by atoms with E-state index in [0.717, 1.165) is 27.5 Å². The number of halogens is 5. The molecular formula is C47H56Cl2F3N7O6. The summed E-state index contributed by atoms with van der Waals surface area (Å²) in [6.07, 6.45) is -4.68. The molecule has 13 nitrogen and oxygen atoms in total. The summed E-state index contributed by atoms with van der Waals surface area (Å²) < 4.78 is 51.2. The van der Waals surface area contributed by atoms with Crippen LogP contribution in [0.5, 0.6) is 11.5 Å². The molecule has 4 atom stereocenters. The number of aromatic nitrogens is 2. The number of amides is 4.